The summed E-state index contributed by atoms with van der Waals surface area (Å²) >= 11 is 5.02. The molecule has 12 heteroatoms. The minimum Gasteiger partial charge on any atom is -0.480 e. The van der Waals surface area contributed by atoms with E-state index < -0.39 is 30.1 Å². The highest BCUT2D eigenvalue weighted by atomic mass is 32.1. The number of benzene rings is 1. The van der Waals surface area contributed by atoms with Gasteiger partial charge in [0.2, 0.25) is 0 Å². The first-order valence-electron chi connectivity index (χ1n) is 11.7. The lowest BCUT2D eigenvalue weighted by atomic mass is 9.93. The van der Waals surface area contributed by atoms with E-state index in [1.807, 2.05) is 30.3 Å². The molecule has 1 aliphatic heterocycles. The van der Waals surface area contributed by atoms with Crippen LogP contribution in [-0.4, -0.2) is 104 Å². The molecule has 2 aromatic rings. The fourth-order valence-corrected chi connectivity index (χ4v) is 4.63. The molecule has 0 aliphatic carbocycles. The number of fused-ring (bicyclic) bond motifs is 2. The second-order valence-corrected chi connectivity index (χ2v) is 8.97. The zero-order valence-electron chi connectivity index (χ0n) is 20.2. The minimum absolute atomic E-state index is 0.137. The quantitative estimate of drug-likeness (QED) is 0.320. The van der Waals surface area contributed by atoms with Crippen LogP contribution in [0.2, 0.25) is 0 Å². The lowest BCUT2D eigenvalue weighted by molar-refractivity contribution is -0.141. The Labute approximate surface area is 219 Å². The summed E-state index contributed by atoms with van der Waals surface area (Å²) in [5, 5.41) is 31.1. The van der Waals surface area contributed by atoms with Crippen molar-refractivity contribution in [2.75, 3.05) is 45.8 Å². The monoisotopic (exact) mass is 527 g/mol. The van der Waals surface area contributed by atoms with Gasteiger partial charge in [0.1, 0.15) is 0 Å². The van der Waals surface area contributed by atoms with Gasteiger partial charge in [-0.1, -0.05) is 36.4 Å². The van der Waals surface area contributed by atoms with Gasteiger partial charge in [0.25, 0.3) is 0 Å². The van der Waals surface area contributed by atoms with Crippen molar-refractivity contribution in [3.05, 3.63) is 65.5 Å². The maximum Gasteiger partial charge on any atom is 0.317 e. The summed E-state index contributed by atoms with van der Waals surface area (Å²) in [6, 6.07) is 14.7. The number of rotatable bonds is 9. The largest absolute Gasteiger partial charge is 0.480 e. The molecule has 11 nitrogen and oxygen atoms in total. The van der Waals surface area contributed by atoms with E-state index in [4.69, 9.17) is 17.2 Å². The predicted octanol–water partition coefficient (Wildman–Crippen LogP) is 1.25. The van der Waals surface area contributed by atoms with Crippen molar-refractivity contribution in [3.8, 4) is 0 Å². The molecule has 3 N–H and O–H groups in total. The van der Waals surface area contributed by atoms with Gasteiger partial charge in [-0.3, -0.25) is 34.1 Å². The van der Waals surface area contributed by atoms with Crippen molar-refractivity contribution in [3.63, 3.8) is 0 Å². The molecule has 3 rings (SSSR count). The van der Waals surface area contributed by atoms with E-state index >= 15 is 0 Å². The Hall–Kier alpha value is -3.54. The molecule has 2 heterocycles. The summed E-state index contributed by atoms with van der Waals surface area (Å²) in [7, 11) is 0. The van der Waals surface area contributed by atoms with Gasteiger partial charge >= 0.3 is 17.9 Å². The Morgan fingerprint density at radius 2 is 1.49 bits per heavy atom. The van der Waals surface area contributed by atoms with E-state index in [2.05, 4.69) is 10.2 Å². The molecule has 0 radical (unpaired) electrons. The zero-order chi connectivity index (χ0) is 26.8. The van der Waals surface area contributed by atoms with E-state index in [0.29, 0.717) is 11.4 Å². The summed E-state index contributed by atoms with van der Waals surface area (Å²) in [5.74, 6) is -3.14. The van der Waals surface area contributed by atoms with Crippen molar-refractivity contribution < 1.29 is 29.7 Å². The normalized spacial score (nSPS) is 19.7. The third kappa shape index (κ3) is 7.97. The van der Waals surface area contributed by atoms with Gasteiger partial charge in [-0.2, -0.15) is 0 Å². The smallest absolute Gasteiger partial charge is 0.317 e. The van der Waals surface area contributed by atoms with Gasteiger partial charge in [-0.15, -0.1) is 0 Å². The zero-order valence-corrected chi connectivity index (χ0v) is 21.0. The molecule has 37 heavy (non-hydrogen) atoms. The molecule has 1 aliphatic rings. The number of carbonyl (C=O) groups is 3. The molecule has 1 atom stereocenters. The summed E-state index contributed by atoms with van der Waals surface area (Å²) in [4.78, 5) is 49.3. The number of carboxylic acid groups (broad SMARTS) is 3. The number of pyridine rings is 1. The number of aliphatic carboxylic acids is 3. The van der Waals surface area contributed by atoms with E-state index in [1.54, 1.807) is 32.9 Å². The van der Waals surface area contributed by atoms with Crippen LogP contribution in [0.5, 0.6) is 0 Å². The molecule has 0 spiro atoms. The number of hydrogen-bond acceptors (Lipinski definition) is 9. The summed E-state index contributed by atoms with van der Waals surface area (Å²) in [6.45, 7) is 0.161. The van der Waals surface area contributed by atoms with Crippen LogP contribution in [0.3, 0.4) is 0 Å². The highest BCUT2D eigenvalue weighted by Gasteiger charge is 2.41. The van der Waals surface area contributed by atoms with Crippen LogP contribution in [0.1, 0.15) is 17.0 Å². The van der Waals surface area contributed by atoms with Gasteiger partial charge in [0.15, 0.2) is 5.66 Å². The Balaban J connectivity index is 2.18. The Bertz CT molecular complexity index is 1160. The van der Waals surface area contributed by atoms with Crippen LogP contribution in [0.25, 0.3) is 0 Å². The average molecular weight is 528 g/mol. The van der Waals surface area contributed by atoms with Crippen molar-refractivity contribution in [1.29, 1.82) is 0 Å². The average Bonchev–Trinajstić information content (AvgIpc) is 2.84. The van der Waals surface area contributed by atoms with E-state index in [9.17, 15) is 29.7 Å². The topological polar surface area (TPSA) is 147 Å². The van der Waals surface area contributed by atoms with Crippen molar-refractivity contribution >= 4 is 35.3 Å². The van der Waals surface area contributed by atoms with Crippen LogP contribution in [-0.2, 0) is 33.0 Å². The molecule has 1 unspecified atom stereocenters. The maximum atomic E-state index is 12.0. The lowest BCUT2D eigenvalue weighted by Gasteiger charge is -2.40. The van der Waals surface area contributed by atoms with Gasteiger partial charge < -0.3 is 15.3 Å². The summed E-state index contributed by atoms with van der Waals surface area (Å²) in [5.41, 5.74) is 0.522. The van der Waals surface area contributed by atoms with Crippen molar-refractivity contribution in [1.82, 2.24) is 19.7 Å². The second-order valence-electron chi connectivity index (χ2n) is 8.79. The fraction of sp³-hybridized carbons (Fsp3) is 0.400. The molecule has 1 aromatic carbocycles. The maximum absolute atomic E-state index is 12.0. The lowest BCUT2D eigenvalue weighted by Crippen LogP contribution is -2.53. The van der Waals surface area contributed by atoms with Gasteiger partial charge in [-0.05, 0) is 29.9 Å². The fourth-order valence-electron chi connectivity index (χ4n) is 4.48. The Morgan fingerprint density at radius 1 is 0.865 bits per heavy atom. The van der Waals surface area contributed by atoms with E-state index in [1.165, 1.54) is 0 Å². The van der Waals surface area contributed by atoms with Crippen LogP contribution in [0.4, 0.5) is 0 Å². The minimum atomic E-state index is -1.34. The Kier molecular flexibility index (Phi) is 9.95. The van der Waals surface area contributed by atoms with Crippen molar-refractivity contribution in [2.45, 2.75) is 18.6 Å². The summed E-state index contributed by atoms with van der Waals surface area (Å²) < 4.78 is 0. The molecule has 1 aromatic heterocycles. The third-order valence-electron chi connectivity index (χ3n) is 6.11. The first-order chi connectivity index (χ1) is 17.7. The molecule has 2 bridgehead atoms. The van der Waals surface area contributed by atoms with E-state index in [0.717, 1.165) is 5.56 Å². The van der Waals surface area contributed by atoms with Gasteiger partial charge in [0.05, 0.1) is 36.2 Å². The number of hydrogen-bond donors (Lipinski definition) is 3. The van der Waals surface area contributed by atoms with E-state index in [-0.39, 0.29) is 52.2 Å². The van der Waals surface area contributed by atoms with Gasteiger partial charge in [0, 0.05) is 39.1 Å². The molecule has 0 saturated carbocycles. The highest BCUT2D eigenvalue weighted by Crippen LogP contribution is 2.33. The number of nitrogens with zero attached hydrogens (tertiary/aromatic N) is 5. The number of thiocarbonyl (C=S) groups is 1. The second kappa shape index (κ2) is 13.1. The molecular weight excluding hydrogens is 498 g/mol. The number of isothiocyanates is 1. The third-order valence-corrected chi connectivity index (χ3v) is 6.20. The van der Waals surface area contributed by atoms with Gasteiger partial charge in [-0.25, -0.2) is 4.99 Å². The number of carboxylic acids is 3. The molecular formula is C25H29N5O6S. The first kappa shape index (κ1) is 28.0. The predicted molar refractivity (Wildman–Crippen MR) is 137 cm³/mol. The Morgan fingerprint density at radius 3 is 2.14 bits per heavy atom. The SMILES string of the molecule is O=C(O)CN1CCN(CC(=O)O)Cc2cccc(n2)C(Cc2ccccc2)(N=C=S)N(CC(=O)O)CC1. The first-order valence-corrected chi connectivity index (χ1v) is 12.1. The van der Waals surface area contributed by atoms with Crippen LogP contribution < -0.4 is 0 Å². The highest BCUT2D eigenvalue weighted by molar-refractivity contribution is 7.78. The molecule has 196 valence electrons. The van der Waals surface area contributed by atoms with Crippen LogP contribution >= 0.6 is 12.2 Å². The number of aliphatic imine (C=N–C) groups is 1. The van der Waals surface area contributed by atoms with Crippen LogP contribution in [0.15, 0.2) is 53.5 Å². The van der Waals surface area contributed by atoms with Crippen molar-refractivity contribution in [2.24, 2.45) is 4.99 Å². The van der Waals surface area contributed by atoms with Crippen LogP contribution in [0, 0.1) is 0 Å². The summed E-state index contributed by atoms with van der Waals surface area (Å²) in [6.07, 6.45) is 0.235. The molecule has 0 amide bonds. The number of aromatic nitrogens is 1. The molecule has 0 fully saturated rings. The molecule has 0 saturated heterocycles. The standard InChI is InChI=1S/C25H29N5O6S/c31-22(32)15-28-9-10-29(16-23(33)34)14-20-7-4-8-21(27-20)25(26-18-37,13-19-5-2-1-3-6-19)30(12-11-28)17-24(35)36/h1-8H,9-17H2,(H,31,32)(H,33,34)(H,35,36).